The first-order valence-corrected chi connectivity index (χ1v) is 7.01. The van der Waals surface area contributed by atoms with Gasteiger partial charge in [0.25, 0.3) is 5.56 Å². The Balaban J connectivity index is 2.11. The molecule has 1 aliphatic carbocycles. The van der Waals surface area contributed by atoms with E-state index in [4.69, 9.17) is 11.5 Å². The van der Waals surface area contributed by atoms with Gasteiger partial charge in [0.1, 0.15) is 11.5 Å². The van der Waals surface area contributed by atoms with Gasteiger partial charge in [0, 0.05) is 19.1 Å². The topological polar surface area (TPSA) is 112 Å². The number of nitrogens with zero attached hydrogens (tertiary/aromatic N) is 3. The second-order valence-corrected chi connectivity index (χ2v) is 5.46. The van der Waals surface area contributed by atoms with Gasteiger partial charge in [-0.1, -0.05) is 5.57 Å². The molecule has 0 saturated carbocycles. The molecule has 1 aromatic rings. The summed E-state index contributed by atoms with van der Waals surface area (Å²) < 4.78 is 3.38. The predicted octanol–water partition coefficient (Wildman–Crippen LogP) is 0.827. The number of aliphatic imine (C=N–C) groups is 1. The van der Waals surface area contributed by atoms with Gasteiger partial charge in [-0.05, 0) is 31.9 Å². The molecule has 1 atom stereocenters. The zero-order valence-corrected chi connectivity index (χ0v) is 11.9. The van der Waals surface area contributed by atoms with Crippen LogP contribution in [0.15, 0.2) is 33.3 Å². The Hall–Kier alpha value is -2.28. The maximum atomic E-state index is 12.4. The van der Waals surface area contributed by atoms with Crippen LogP contribution in [0.1, 0.15) is 19.8 Å². The average molecular weight is 289 g/mol. The fourth-order valence-electron chi connectivity index (χ4n) is 2.67. The highest BCUT2D eigenvalue weighted by Crippen LogP contribution is 2.24. The lowest BCUT2D eigenvalue weighted by atomic mass is 10.0. The second kappa shape index (κ2) is 4.92. The maximum Gasteiger partial charge on any atom is 0.294 e. The lowest BCUT2D eigenvalue weighted by Crippen LogP contribution is -2.27. The molecule has 0 aromatic carbocycles. The normalized spacial score (nSPS) is 23.7. The van der Waals surface area contributed by atoms with Gasteiger partial charge in [0.05, 0.1) is 0 Å². The highest BCUT2D eigenvalue weighted by atomic mass is 16.3. The number of rotatable bonds is 1. The van der Waals surface area contributed by atoms with Crippen molar-refractivity contribution in [2.24, 2.45) is 10.7 Å². The standard InChI is InChI=1S/C14H19N5O2/c1-8-6-10(11(20)7-9(8)15)17-12-13(16)18-4-2-3-5-19(18)14(12)21/h6-7,9,20H,2-5,15-16H2,1H3. The molecule has 21 heavy (non-hydrogen) atoms. The summed E-state index contributed by atoms with van der Waals surface area (Å²) in [6.07, 6.45) is 5.14. The van der Waals surface area contributed by atoms with Crippen LogP contribution >= 0.6 is 0 Å². The number of aliphatic hydroxyl groups excluding tert-OH is 1. The molecule has 7 nitrogen and oxygen atoms in total. The Morgan fingerprint density at radius 1 is 1.33 bits per heavy atom. The molecule has 0 bridgehead atoms. The zero-order valence-electron chi connectivity index (χ0n) is 11.9. The number of nitrogens with two attached hydrogens (primary N) is 2. The molecule has 112 valence electrons. The van der Waals surface area contributed by atoms with Crippen LogP contribution < -0.4 is 17.0 Å². The van der Waals surface area contributed by atoms with Crippen LogP contribution in [0.2, 0.25) is 0 Å². The number of aromatic nitrogens is 2. The molecule has 2 aliphatic rings. The van der Waals surface area contributed by atoms with Gasteiger partial charge >= 0.3 is 0 Å². The summed E-state index contributed by atoms with van der Waals surface area (Å²) in [6.45, 7) is 3.22. The molecule has 0 fully saturated rings. The monoisotopic (exact) mass is 289 g/mol. The molecule has 5 N–H and O–H groups in total. The number of anilines is 1. The first-order valence-electron chi connectivity index (χ1n) is 7.01. The Kier molecular flexibility index (Phi) is 3.21. The van der Waals surface area contributed by atoms with E-state index in [1.807, 2.05) is 6.92 Å². The molecular weight excluding hydrogens is 270 g/mol. The van der Waals surface area contributed by atoms with Gasteiger partial charge in [-0.15, -0.1) is 0 Å². The fourth-order valence-corrected chi connectivity index (χ4v) is 2.67. The van der Waals surface area contributed by atoms with Gasteiger partial charge in [0.2, 0.25) is 0 Å². The number of nitrogen functional groups attached to an aromatic ring is 1. The van der Waals surface area contributed by atoms with Gasteiger partial charge in [-0.2, -0.15) is 0 Å². The van der Waals surface area contributed by atoms with Crippen LogP contribution in [0.25, 0.3) is 0 Å². The molecule has 1 unspecified atom stereocenters. The van der Waals surface area contributed by atoms with Crippen LogP contribution in [0.5, 0.6) is 0 Å². The molecule has 0 spiro atoms. The van der Waals surface area contributed by atoms with E-state index in [2.05, 4.69) is 4.99 Å². The zero-order chi connectivity index (χ0) is 15.1. The minimum atomic E-state index is -0.329. The highest BCUT2D eigenvalue weighted by molar-refractivity contribution is 6.09. The summed E-state index contributed by atoms with van der Waals surface area (Å²) >= 11 is 0. The third-order valence-corrected chi connectivity index (χ3v) is 3.96. The van der Waals surface area contributed by atoms with E-state index in [0.29, 0.717) is 24.6 Å². The van der Waals surface area contributed by atoms with Crippen molar-refractivity contribution in [2.75, 3.05) is 5.73 Å². The van der Waals surface area contributed by atoms with Crippen molar-refractivity contribution in [1.29, 1.82) is 0 Å². The third-order valence-electron chi connectivity index (χ3n) is 3.96. The van der Waals surface area contributed by atoms with Crippen molar-refractivity contribution in [3.05, 3.63) is 33.8 Å². The maximum absolute atomic E-state index is 12.4. The third kappa shape index (κ3) is 2.19. The van der Waals surface area contributed by atoms with Crippen molar-refractivity contribution in [3.8, 4) is 0 Å². The Bertz CT molecular complexity index is 735. The van der Waals surface area contributed by atoms with E-state index >= 15 is 0 Å². The van der Waals surface area contributed by atoms with E-state index in [9.17, 15) is 9.90 Å². The average Bonchev–Trinajstić information content (AvgIpc) is 2.70. The molecule has 1 aromatic heterocycles. The summed E-state index contributed by atoms with van der Waals surface area (Å²) in [4.78, 5) is 16.6. The summed E-state index contributed by atoms with van der Waals surface area (Å²) in [6, 6.07) is -0.329. The molecule has 0 saturated heterocycles. The SMILES string of the molecule is CC1=CC(=Nc2c(N)n3n(c2=O)CCCC3)C(O)=CC1N. The Labute approximate surface area is 121 Å². The van der Waals surface area contributed by atoms with E-state index in [-0.39, 0.29) is 23.0 Å². The Morgan fingerprint density at radius 2 is 2.00 bits per heavy atom. The Morgan fingerprint density at radius 3 is 2.67 bits per heavy atom. The molecule has 1 aliphatic heterocycles. The van der Waals surface area contributed by atoms with Crippen molar-refractivity contribution in [1.82, 2.24) is 9.36 Å². The van der Waals surface area contributed by atoms with Crippen molar-refractivity contribution >= 4 is 17.2 Å². The number of aliphatic hydroxyl groups is 1. The lowest BCUT2D eigenvalue weighted by molar-refractivity contribution is 0.360. The predicted molar refractivity (Wildman–Crippen MR) is 81.9 cm³/mol. The molecule has 7 heteroatoms. The summed E-state index contributed by atoms with van der Waals surface area (Å²) in [5, 5.41) is 9.95. The van der Waals surface area contributed by atoms with Crippen molar-refractivity contribution < 1.29 is 5.11 Å². The fraction of sp³-hybridized carbons (Fsp3) is 0.429. The number of fused-ring (bicyclic) bond motifs is 1. The largest absolute Gasteiger partial charge is 0.506 e. The van der Waals surface area contributed by atoms with Gasteiger partial charge < -0.3 is 16.6 Å². The molecule has 0 radical (unpaired) electrons. The van der Waals surface area contributed by atoms with Crippen molar-refractivity contribution in [2.45, 2.75) is 38.9 Å². The molecular formula is C14H19N5O2. The smallest absolute Gasteiger partial charge is 0.294 e. The first kappa shape index (κ1) is 13.7. The number of allylic oxidation sites excluding steroid dienone is 1. The van der Waals surface area contributed by atoms with Gasteiger partial charge in [0.15, 0.2) is 11.5 Å². The van der Waals surface area contributed by atoms with Gasteiger partial charge in [-0.25, -0.2) is 9.67 Å². The lowest BCUT2D eigenvalue weighted by Gasteiger charge is -2.17. The van der Waals surface area contributed by atoms with Gasteiger partial charge in [-0.3, -0.25) is 9.48 Å². The van der Waals surface area contributed by atoms with Crippen LogP contribution in [0.3, 0.4) is 0 Å². The van der Waals surface area contributed by atoms with E-state index < -0.39 is 0 Å². The minimum absolute atomic E-state index is 0.0268. The summed E-state index contributed by atoms with van der Waals surface area (Å²) in [5.74, 6) is 0.321. The van der Waals surface area contributed by atoms with Crippen LogP contribution in [-0.4, -0.2) is 26.2 Å². The quantitative estimate of drug-likeness (QED) is 0.710. The van der Waals surface area contributed by atoms with Crippen LogP contribution in [0.4, 0.5) is 11.5 Å². The van der Waals surface area contributed by atoms with Crippen LogP contribution in [-0.2, 0) is 13.1 Å². The summed E-state index contributed by atoms with van der Waals surface area (Å²) in [7, 11) is 0. The first-order chi connectivity index (χ1) is 9.99. The number of hydrogen-bond acceptors (Lipinski definition) is 5. The van der Waals surface area contributed by atoms with Crippen LogP contribution in [0, 0.1) is 0 Å². The van der Waals surface area contributed by atoms with E-state index in [0.717, 1.165) is 18.4 Å². The van der Waals surface area contributed by atoms with E-state index in [1.165, 1.54) is 6.08 Å². The number of hydrogen-bond donors (Lipinski definition) is 3. The second-order valence-electron chi connectivity index (χ2n) is 5.46. The molecule has 0 amide bonds. The van der Waals surface area contributed by atoms with E-state index in [1.54, 1.807) is 15.4 Å². The summed E-state index contributed by atoms with van der Waals surface area (Å²) in [5.41, 5.74) is 13.0. The molecule has 3 rings (SSSR count). The van der Waals surface area contributed by atoms with Crippen molar-refractivity contribution in [3.63, 3.8) is 0 Å². The minimum Gasteiger partial charge on any atom is -0.506 e. The molecule has 2 heterocycles. The highest BCUT2D eigenvalue weighted by Gasteiger charge is 2.22.